The van der Waals surface area contributed by atoms with Crippen molar-refractivity contribution in [3.8, 4) is 0 Å². The minimum atomic E-state index is -0.205. The standard InChI is InChI=1S/C21H28N4O2/c1-16(2)7-9-22-17-8-10-23-19(15-17)21(26)24-18-5-3-4-6-20(18)25-11-13-27-14-12-25/h3-6,8,10,15-16H,7,9,11-14H2,1-2H3,(H,22,23)(H,24,26). The SMILES string of the molecule is CC(C)CCNc1ccnc(C(=O)Nc2ccccc2N2CCOCC2)c1. The molecule has 1 aromatic carbocycles. The van der Waals surface area contributed by atoms with E-state index in [-0.39, 0.29) is 5.91 Å². The minimum absolute atomic E-state index is 0.205. The van der Waals surface area contributed by atoms with E-state index in [4.69, 9.17) is 4.74 Å². The van der Waals surface area contributed by atoms with E-state index >= 15 is 0 Å². The molecule has 1 fully saturated rings. The van der Waals surface area contributed by atoms with Crippen molar-refractivity contribution in [2.75, 3.05) is 48.4 Å². The summed E-state index contributed by atoms with van der Waals surface area (Å²) >= 11 is 0. The largest absolute Gasteiger partial charge is 0.385 e. The zero-order valence-electron chi connectivity index (χ0n) is 16.1. The van der Waals surface area contributed by atoms with Crippen molar-refractivity contribution >= 4 is 23.0 Å². The van der Waals surface area contributed by atoms with Crippen molar-refractivity contribution in [3.05, 3.63) is 48.3 Å². The van der Waals surface area contributed by atoms with E-state index in [0.717, 1.165) is 43.1 Å². The first-order valence-electron chi connectivity index (χ1n) is 9.56. The number of hydrogen-bond donors (Lipinski definition) is 2. The molecule has 1 saturated heterocycles. The number of ether oxygens (including phenoxy) is 1. The van der Waals surface area contributed by atoms with E-state index in [1.807, 2.05) is 30.3 Å². The lowest BCUT2D eigenvalue weighted by atomic mass is 10.1. The Bertz CT molecular complexity index is 757. The van der Waals surface area contributed by atoms with Gasteiger partial charge >= 0.3 is 0 Å². The highest BCUT2D eigenvalue weighted by molar-refractivity contribution is 6.05. The molecule has 6 nitrogen and oxygen atoms in total. The number of amides is 1. The molecule has 3 rings (SSSR count). The van der Waals surface area contributed by atoms with Gasteiger partial charge in [-0.25, -0.2) is 0 Å². The van der Waals surface area contributed by atoms with Crippen molar-refractivity contribution in [2.45, 2.75) is 20.3 Å². The molecule has 1 aliphatic heterocycles. The quantitative estimate of drug-likeness (QED) is 0.781. The predicted octanol–water partition coefficient (Wildman–Crippen LogP) is 3.63. The Morgan fingerprint density at radius 1 is 1.22 bits per heavy atom. The van der Waals surface area contributed by atoms with Crippen LogP contribution in [-0.4, -0.2) is 43.7 Å². The lowest BCUT2D eigenvalue weighted by Crippen LogP contribution is -2.36. The van der Waals surface area contributed by atoms with Crippen LogP contribution >= 0.6 is 0 Å². The summed E-state index contributed by atoms with van der Waals surface area (Å²) in [6.45, 7) is 8.31. The molecular formula is C21H28N4O2. The Morgan fingerprint density at radius 2 is 2.00 bits per heavy atom. The molecule has 6 heteroatoms. The first-order chi connectivity index (χ1) is 13.1. The maximum absolute atomic E-state index is 12.7. The highest BCUT2D eigenvalue weighted by Gasteiger charge is 2.17. The normalized spacial score (nSPS) is 14.3. The number of carbonyl (C=O) groups is 1. The number of carbonyl (C=O) groups excluding carboxylic acids is 1. The van der Waals surface area contributed by atoms with Crippen LogP contribution < -0.4 is 15.5 Å². The predicted molar refractivity (Wildman–Crippen MR) is 110 cm³/mol. The van der Waals surface area contributed by atoms with E-state index in [1.54, 1.807) is 12.3 Å². The number of pyridine rings is 1. The highest BCUT2D eigenvalue weighted by atomic mass is 16.5. The van der Waals surface area contributed by atoms with E-state index in [2.05, 4.69) is 34.4 Å². The van der Waals surface area contributed by atoms with Crippen LogP contribution in [0.25, 0.3) is 0 Å². The smallest absolute Gasteiger partial charge is 0.274 e. The van der Waals surface area contributed by atoms with Crippen molar-refractivity contribution in [1.82, 2.24) is 4.98 Å². The van der Waals surface area contributed by atoms with Crippen molar-refractivity contribution in [1.29, 1.82) is 0 Å². The number of morpholine rings is 1. The maximum atomic E-state index is 12.7. The number of nitrogens with zero attached hydrogens (tertiary/aromatic N) is 2. The highest BCUT2D eigenvalue weighted by Crippen LogP contribution is 2.26. The monoisotopic (exact) mass is 368 g/mol. The summed E-state index contributed by atoms with van der Waals surface area (Å²) < 4.78 is 5.43. The molecular weight excluding hydrogens is 340 g/mol. The average Bonchev–Trinajstić information content (AvgIpc) is 2.69. The van der Waals surface area contributed by atoms with Gasteiger partial charge in [-0.15, -0.1) is 0 Å². The lowest BCUT2D eigenvalue weighted by molar-refractivity contribution is 0.102. The second kappa shape index (κ2) is 9.37. The van der Waals surface area contributed by atoms with Crippen LogP contribution in [0.1, 0.15) is 30.8 Å². The summed E-state index contributed by atoms with van der Waals surface area (Å²) in [7, 11) is 0. The van der Waals surface area contributed by atoms with Crippen LogP contribution in [0, 0.1) is 5.92 Å². The molecule has 1 aliphatic rings. The van der Waals surface area contributed by atoms with Gasteiger partial charge in [0.1, 0.15) is 5.69 Å². The maximum Gasteiger partial charge on any atom is 0.274 e. The summed E-state index contributed by atoms with van der Waals surface area (Å²) in [5, 5.41) is 6.37. The van der Waals surface area contributed by atoms with Crippen LogP contribution in [0.5, 0.6) is 0 Å². The Balaban J connectivity index is 1.69. The third kappa shape index (κ3) is 5.44. The molecule has 0 unspecified atom stereocenters. The fourth-order valence-corrected chi connectivity index (χ4v) is 3.02. The van der Waals surface area contributed by atoms with Gasteiger partial charge in [-0.1, -0.05) is 26.0 Å². The van der Waals surface area contributed by atoms with Crippen LogP contribution in [-0.2, 0) is 4.74 Å². The van der Waals surface area contributed by atoms with Crippen molar-refractivity contribution in [3.63, 3.8) is 0 Å². The van der Waals surface area contributed by atoms with Crippen LogP contribution in [0.15, 0.2) is 42.6 Å². The zero-order valence-corrected chi connectivity index (χ0v) is 16.1. The molecule has 0 aliphatic carbocycles. The zero-order chi connectivity index (χ0) is 19.1. The Labute approximate surface area is 160 Å². The minimum Gasteiger partial charge on any atom is -0.385 e. The number of hydrogen-bond acceptors (Lipinski definition) is 5. The van der Waals surface area contributed by atoms with Gasteiger partial charge in [-0.05, 0) is 36.6 Å². The Hall–Kier alpha value is -2.60. The van der Waals surface area contributed by atoms with E-state index in [1.165, 1.54) is 0 Å². The fraction of sp³-hybridized carbons (Fsp3) is 0.429. The Kier molecular flexibility index (Phi) is 6.65. The number of nitrogens with one attached hydrogen (secondary N) is 2. The van der Waals surface area contributed by atoms with Gasteiger partial charge in [0.2, 0.25) is 0 Å². The van der Waals surface area contributed by atoms with Gasteiger partial charge in [0, 0.05) is 31.5 Å². The average molecular weight is 368 g/mol. The van der Waals surface area contributed by atoms with Crippen LogP contribution in [0.3, 0.4) is 0 Å². The molecule has 2 N–H and O–H groups in total. The first kappa shape index (κ1) is 19.2. The number of rotatable bonds is 7. The number of anilines is 3. The van der Waals surface area contributed by atoms with Crippen LogP contribution in [0.4, 0.5) is 17.1 Å². The van der Waals surface area contributed by atoms with E-state index < -0.39 is 0 Å². The molecule has 1 amide bonds. The number of benzene rings is 1. The molecule has 0 atom stereocenters. The third-order valence-electron chi connectivity index (χ3n) is 4.55. The number of aromatic nitrogens is 1. The topological polar surface area (TPSA) is 66.5 Å². The first-order valence-corrected chi connectivity index (χ1v) is 9.56. The summed E-state index contributed by atoms with van der Waals surface area (Å²) in [5.74, 6) is 0.432. The third-order valence-corrected chi connectivity index (χ3v) is 4.55. The molecule has 27 heavy (non-hydrogen) atoms. The molecule has 0 radical (unpaired) electrons. The van der Waals surface area contributed by atoms with Gasteiger partial charge in [0.05, 0.1) is 24.6 Å². The van der Waals surface area contributed by atoms with Gasteiger partial charge < -0.3 is 20.3 Å². The summed E-state index contributed by atoms with van der Waals surface area (Å²) in [6.07, 6.45) is 2.75. The van der Waals surface area contributed by atoms with Crippen LogP contribution in [0.2, 0.25) is 0 Å². The molecule has 1 aromatic heterocycles. The molecule has 0 spiro atoms. The molecule has 144 valence electrons. The summed E-state index contributed by atoms with van der Waals surface area (Å²) in [5.41, 5.74) is 3.13. The van der Waals surface area contributed by atoms with Gasteiger partial charge in [0.25, 0.3) is 5.91 Å². The summed E-state index contributed by atoms with van der Waals surface area (Å²) in [6, 6.07) is 11.5. The van der Waals surface area contributed by atoms with E-state index in [9.17, 15) is 4.79 Å². The Morgan fingerprint density at radius 3 is 2.78 bits per heavy atom. The van der Waals surface area contributed by atoms with Crippen molar-refractivity contribution < 1.29 is 9.53 Å². The second-order valence-electron chi connectivity index (χ2n) is 7.11. The van der Waals surface area contributed by atoms with Gasteiger partial charge in [-0.2, -0.15) is 0 Å². The lowest BCUT2D eigenvalue weighted by Gasteiger charge is -2.30. The van der Waals surface area contributed by atoms with Gasteiger partial charge in [0.15, 0.2) is 0 Å². The number of para-hydroxylation sites is 2. The molecule has 2 heterocycles. The fourth-order valence-electron chi connectivity index (χ4n) is 3.02. The summed E-state index contributed by atoms with van der Waals surface area (Å²) in [4.78, 5) is 19.2. The van der Waals surface area contributed by atoms with Crippen molar-refractivity contribution in [2.24, 2.45) is 5.92 Å². The molecule has 0 saturated carbocycles. The second-order valence-corrected chi connectivity index (χ2v) is 7.11. The van der Waals surface area contributed by atoms with E-state index in [0.29, 0.717) is 24.8 Å². The molecule has 2 aromatic rings. The van der Waals surface area contributed by atoms with Gasteiger partial charge in [-0.3, -0.25) is 9.78 Å². The molecule has 0 bridgehead atoms.